The van der Waals surface area contributed by atoms with E-state index in [2.05, 4.69) is 60.7 Å². The molecule has 4 heteroatoms. The molecular weight excluding hydrogens is 256 g/mol. The second-order valence-corrected chi connectivity index (χ2v) is 3.50. The highest BCUT2D eigenvalue weighted by atomic mass is 19.0. The molecular formula is C15H18F4. The average Bonchev–Trinajstić information content (AvgIpc) is 2.32. The van der Waals surface area contributed by atoms with Crippen molar-refractivity contribution in [2.75, 3.05) is 0 Å². The van der Waals surface area contributed by atoms with E-state index in [1.165, 1.54) is 11.1 Å². The van der Waals surface area contributed by atoms with Crippen LogP contribution in [0.5, 0.6) is 0 Å². The zero-order chi connectivity index (χ0) is 10.3. The van der Waals surface area contributed by atoms with E-state index in [-0.39, 0.29) is 18.8 Å². The van der Waals surface area contributed by atoms with Crippen molar-refractivity contribution >= 4 is 6.08 Å². The molecule has 106 valence electrons. The van der Waals surface area contributed by atoms with Gasteiger partial charge in [-0.3, -0.25) is 18.8 Å². The standard InChI is InChI=1S/C15H14.4FH/c1-3-8-14(9-4-1)12-7-13-15-10-5-2-6-11-15;;;;/h1-12H,13H2;4*1H. The minimum Gasteiger partial charge on any atom is -0.269 e. The Morgan fingerprint density at radius 2 is 1.11 bits per heavy atom. The highest BCUT2D eigenvalue weighted by Crippen LogP contribution is 2.04. The molecule has 0 heterocycles. The van der Waals surface area contributed by atoms with E-state index in [0.29, 0.717) is 0 Å². The van der Waals surface area contributed by atoms with Crippen molar-refractivity contribution in [1.29, 1.82) is 0 Å². The molecule has 0 aromatic heterocycles. The lowest BCUT2D eigenvalue weighted by Crippen LogP contribution is -1.78. The minimum atomic E-state index is 0. The number of hydrogen-bond acceptors (Lipinski definition) is 0. The van der Waals surface area contributed by atoms with Gasteiger partial charge in [-0.1, -0.05) is 72.8 Å². The summed E-state index contributed by atoms with van der Waals surface area (Å²) in [6.07, 6.45) is 5.35. The van der Waals surface area contributed by atoms with E-state index in [1.807, 2.05) is 12.1 Å². The van der Waals surface area contributed by atoms with Crippen LogP contribution in [-0.2, 0) is 6.42 Å². The van der Waals surface area contributed by atoms with Gasteiger partial charge in [-0.25, -0.2) is 0 Å². The van der Waals surface area contributed by atoms with E-state index in [4.69, 9.17) is 0 Å². The molecule has 0 saturated carbocycles. The van der Waals surface area contributed by atoms with Gasteiger partial charge in [0.15, 0.2) is 0 Å². The van der Waals surface area contributed by atoms with Crippen LogP contribution in [0.4, 0.5) is 18.8 Å². The molecule has 0 amide bonds. The summed E-state index contributed by atoms with van der Waals surface area (Å²) < 4.78 is 0. The van der Waals surface area contributed by atoms with Gasteiger partial charge in [0.05, 0.1) is 0 Å². The maximum Gasteiger partial charge on any atom is -0.00941 e. The van der Waals surface area contributed by atoms with Gasteiger partial charge in [-0.15, -0.1) is 0 Å². The minimum absolute atomic E-state index is 0. The Morgan fingerprint density at radius 1 is 0.632 bits per heavy atom. The third-order valence-electron chi connectivity index (χ3n) is 2.31. The van der Waals surface area contributed by atoms with Crippen molar-refractivity contribution < 1.29 is 18.8 Å². The van der Waals surface area contributed by atoms with Gasteiger partial charge < -0.3 is 0 Å². The molecule has 0 nitrogen and oxygen atoms in total. The number of rotatable bonds is 3. The molecule has 2 aromatic rings. The molecule has 0 aliphatic rings. The van der Waals surface area contributed by atoms with Crippen LogP contribution in [0.25, 0.3) is 6.08 Å². The number of benzene rings is 2. The molecule has 0 saturated heterocycles. The lowest BCUT2D eigenvalue weighted by atomic mass is 10.1. The Labute approximate surface area is 110 Å². The van der Waals surface area contributed by atoms with Crippen LogP contribution in [-0.4, -0.2) is 0 Å². The van der Waals surface area contributed by atoms with Gasteiger partial charge in [-0.2, -0.15) is 0 Å². The monoisotopic (exact) mass is 274 g/mol. The summed E-state index contributed by atoms with van der Waals surface area (Å²) in [6, 6.07) is 20.9. The largest absolute Gasteiger partial charge is 0.269 e. The predicted octanol–water partition coefficient (Wildman–Crippen LogP) is 4.55. The summed E-state index contributed by atoms with van der Waals surface area (Å²) >= 11 is 0. The van der Waals surface area contributed by atoms with Gasteiger partial charge in [0, 0.05) is 0 Å². The highest BCUT2D eigenvalue weighted by molar-refractivity contribution is 5.49. The zero-order valence-electron chi connectivity index (χ0n) is 10.3. The molecule has 0 fully saturated rings. The summed E-state index contributed by atoms with van der Waals surface area (Å²) in [5, 5.41) is 0. The van der Waals surface area contributed by atoms with Gasteiger partial charge in [0.1, 0.15) is 0 Å². The normalized spacial score (nSPS) is 8.42. The Bertz CT molecular complexity index is 426. The average molecular weight is 274 g/mol. The lowest BCUT2D eigenvalue weighted by molar-refractivity contribution is 1.11. The molecule has 0 spiro atoms. The maximum absolute atomic E-state index is 2.20. The van der Waals surface area contributed by atoms with E-state index >= 15 is 0 Å². The summed E-state index contributed by atoms with van der Waals surface area (Å²) in [6.45, 7) is 0. The van der Waals surface area contributed by atoms with Crippen LogP contribution in [0, 0.1) is 0 Å². The molecule has 2 aromatic carbocycles. The fourth-order valence-corrected chi connectivity index (χ4v) is 1.51. The van der Waals surface area contributed by atoms with Crippen LogP contribution in [0.15, 0.2) is 66.7 Å². The van der Waals surface area contributed by atoms with Crippen LogP contribution in [0.1, 0.15) is 11.1 Å². The first kappa shape index (κ1) is 22.1. The number of allylic oxidation sites excluding steroid dienone is 1. The quantitative estimate of drug-likeness (QED) is 0.720. The third-order valence-corrected chi connectivity index (χ3v) is 2.31. The molecule has 19 heavy (non-hydrogen) atoms. The molecule has 0 aliphatic heterocycles. The van der Waals surface area contributed by atoms with Crippen LogP contribution in [0.2, 0.25) is 0 Å². The van der Waals surface area contributed by atoms with E-state index in [1.54, 1.807) is 0 Å². The smallest absolute Gasteiger partial charge is 0.00941 e. The first-order valence-corrected chi connectivity index (χ1v) is 5.21. The molecule has 0 N–H and O–H groups in total. The number of halogens is 4. The van der Waals surface area contributed by atoms with Crippen LogP contribution < -0.4 is 0 Å². The topological polar surface area (TPSA) is 0 Å². The Morgan fingerprint density at radius 3 is 1.63 bits per heavy atom. The van der Waals surface area contributed by atoms with Crippen molar-refractivity contribution in [3.05, 3.63) is 77.9 Å². The van der Waals surface area contributed by atoms with Crippen molar-refractivity contribution in [3.63, 3.8) is 0 Å². The zero-order valence-corrected chi connectivity index (χ0v) is 10.3. The molecule has 0 atom stereocenters. The van der Waals surface area contributed by atoms with E-state index in [0.717, 1.165) is 6.42 Å². The van der Waals surface area contributed by atoms with Crippen LogP contribution >= 0.6 is 0 Å². The van der Waals surface area contributed by atoms with Crippen molar-refractivity contribution in [1.82, 2.24) is 0 Å². The second-order valence-electron chi connectivity index (χ2n) is 3.50. The molecule has 0 aliphatic carbocycles. The molecule has 2 rings (SSSR count). The predicted molar refractivity (Wildman–Crippen MR) is 75.6 cm³/mol. The fraction of sp³-hybridized carbons (Fsp3) is 0.0667. The first-order valence-electron chi connectivity index (χ1n) is 5.21. The maximum atomic E-state index is 2.20. The van der Waals surface area contributed by atoms with Crippen molar-refractivity contribution in [3.8, 4) is 0 Å². The summed E-state index contributed by atoms with van der Waals surface area (Å²) in [4.78, 5) is 0. The Kier molecular flexibility index (Phi) is 14.4. The van der Waals surface area contributed by atoms with Gasteiger partial charge in [0.2, 0.25) is 0 Å². The summed E-state index contributed by atoms with van der Waals surface area (Å²) in [5.74, 6) is 0. The lowest BCUT2D eigenvalue weighted by Gasteiger charge is -1.94. The van der Waals surface area contributed by atoms with Crippen molar-refractivity contribution in [2.45, 2.75) is 6.42 Å². The van der Waals surface area contributed by atoms with E-state index < -0.39 is 0 Å². The molecule has 0 radical (unpaired) electrons. The number of hydrogen-bond donors (Lipinski definition) is 0. The van der Waals surface area contributed by atoms with Gasteiger partial charge in [0.25, 0.3) is 0 Å². The van der Waals surface area contributed by atoms with Gasteiger partial charge >= 0.3 is 0 Å². The third kappa shape index (κ3) is 7.76. The summed E-state index contributed by atoms with van der Waals surface area (Å²) in [7, 11) is 0. The fourth-order valence-electron chi connectivity index (χ4n) is 1.51. The van der Waals surface area contributed by atoms with Crippen molar-refractivity contribution in [2.24, 2.45) is 0 Å². The Balaban J connectivity index is -0.000000640. The molecule has 0 unspecified atom stereocenters. The van der Waals surface area contributed by atoms with Gasteiger partial charge in [-0.05, 0) is 17.5 Å². The van der Waals surface area contributed by atoms with E-state index in [9.17, 15) is 0 Å². The Hall–Kier alpha value is -2.10. The van der Waals surface area contributed by atoms with Crippen LogP contribution in [0.3, 0.4) is 0 Å². The second kappa shape index (κ2) is 12.4. The summed E-state index contributed by atoms with van der Waals surface area (Å²) in [5.41, 5.74) is 2.61. The first-order chi connectivity index (χ1) is 7.45. The highest BCUT2D eigenvalue weighted by Gasteiger charge is 1.86. The SMILES string of the molecule is C(=Cc1ccccc1)Cc1ccccc1.F.F.F.F. The molecule has 0 bridgehead atoms.